The van der Waals surface area contributed by atoms with Crippen molar-refractivity contribution in [3.8, 4) is 0 Å². The van der Waals surface area contributed by atoms with Crippen LogP contribution in [0.1, 0.15) is 19.3 Å². The number of halogens is 2. The van der Waals surface area contributed by atoms with Gasteiger partial charge in [-0.15, -0.1) is 6.58 Å². The van der Waals surface area contributed by atoms with Crippen LogP contribution in [0.4, 0.5) is 0 Å². The van der Waals surface area contributed by atoms with Gasteiger partial charge in [0.15, 0.2) is 0 Å². The number of carbonyl (C=O) groups is 1. The van der Waals surface area contributed by atoms with Crippen LogP contribution in [0.5, 0.6) is 0 Å². The summed E-state index contributed by atoms with van der Waals surface area (Å²) < 4.78 is 4.86. The van der Waals surface area contributed by atoms with E-state index in [9.17, 15) is 4.79 Å². The van der Waals surface area contributed by atoms with Crippen LogP contribution in [0, 0.1) is 5.92 Å². The van der Waals surface area contributed by atoms with Crippen LogP contribution >= 0.6 is 23.2 Å². The first kappa shape index (κ1) is 20.3. The summed E-state index contributed by atoms with van der Waals surface area (Å²) >= 11 is 11.1. The SMILES string of the molecule is C=CCC1CCCOC1=O.Clc1ccccc1.Clc1ccccc1. The van der Waals surface area contributed by atoms with Gasteiger partial charge in [0, 0.05) is 10.0 Å². The summed E-state index contributed by atoms with van der Waals surface area (Å²) in [5, 5.41) is 1.59. The smallest absolute Gasteiger partial charge is 0.309 e. The second-order valence-corrected chi connectivity index (χ2v) is 6.00. The van der Waals surface area contributed by atoms with Gasteiger partial charge in [-0.2, -0.15) is 0 Å². The quantitative estimate of drug-likeness (QED) is 0.468. The summed E-state index contributed by atoms with van der Waals surface area (Å²) in [5.41, 5.74) is 0. The molecule has 2 aromatic rings. The maximum atomic E-state index is 10.9. The van der Waals surface area contributed by atoms with E-state index >= 15 is 0 Å². The number of benzene rings is 2. The lowest BCUT2D eigenvalue weighted by Gasteiger charge is -2.18. The molecule has 2 nitrogen and oxygen atoms in total. The first-order chi connectivity index (χ1) is 11.6. The van der Waals surface area contributed by atoms with Gasteiger partial charge >= 0.3 is 5.97 Å². The lowest BCUT2D eigenvalue weighted by molar-refractivity contribution is -0.152. The van der Waals surface area contributed by atoms with Crippen LogP contribution in [-0.4, -0.2) is 12.6 Å². The third-order valence-electron chi connectivity index (χ3n) is 3.19. The monoisotopic (exact) mass is 364 g/mol. The average Bonchev–Trinajstić information content (AvgIpc) is 2.60. The average molecular weight is 365 g/mol. The highest BCUT2D eigenvalue weighted by atomic mass is 35.5. The molecule has 1 aliphatic rings. The zero-order valence-electron chi connectivity index (χ0n) is 13.5. The molecule has 24 heavy (non-hydrogen) atoms. The molecule has 0 radical (unpaired) electrons. The van der Waals surface area contributed by atoms with Crippen LogP contribution in [0.25, 0.3) is 0 Å². The zero-order valence-corrected chi connectivity index (χ0v) is 15.0. The fraction of sp³-hybridized carbons (Fsp3) is 0.250. The van der Waals surface area contributed by atoms with Crippen LogP contribution < -0.4 is 0 Å². The van der Waals surface area contributed by atoms with Gasteiger partial charge in [0.05, 0.1) is 12.5 Å². The van der Waals surface area contributed by atoms with E-state index in [0.717, 1.165) is 29.3 Å². The Kier molecular flexibility index (Phi) is 10.7. The molecule has 128 valence electrons. The predicted octanol–water partition coefficient (Wildman–Crippen LogP) is 6.20. The minimum atomic E-state index is -0.0499. The van der Waals surface area contributed by atoms with E-state index in [-0.39, 0.29) is 11.9 Å². The largest absolute Gasteiger partial charge is 0.465 e. The maximum absolute atomic E-state index is 10.9. The normalized spacial score (nSPS) is 15.8. The molecule has 1 saturated heterocycles. The van der Waals surface area contributed by atoms with Gasteiger partial charge in [0.2, 0.25) is 0 Å². The minimum absolute atomic E-state index is 0.0499. The van der Waals surface area contributed by atoms with E-state index < -0.39 is 0 Å². The van der Waals surface area contributed by atoms with Crippen molar-refractivity contribution >= 4 is 29.2 Å². The molecule has 0 bridgehead atoms. The molecule has 0 amide bonds. The molecule has 0 aromatic heterocycles. The molecular formula is C20H22Cl2O2. The molecule has 1 fully saturated rings. The Balaban J connectivity index is 0.000000185. The highest BCUT2D eigenvalue weighted by molar-refractivity contribution is 6.30. The van der Waals surface area contributed by atoms with Gasteiger partial charge in [-0.25, -0.2) is 0 Å². The number of ether oxygens (including phenoxy) is 1. The maximum Gasteiger partial charge on any atom is 0.309 e. The Morgan fingerprint density at radius 2 is 1.50 bits per heavy atom. The van der Waals surface area contributed by atoms with Crippen LogP contribution in [0.2, 0.25) is 10.0 Å². The number of rotatable bonds is 2. The van der Waals surface area contributed by atoms with Crippen molar-refractivity contribution in [3.05, 3.63) is 83.4 Å². The summed E-state index contributed by atoms with van der Waals surface area (Å²) in [5.74, 6) is 0.0393. The molecule has 0 aliphatic carbocycles. The standard InChI is InChI=1S/C8H12O2.2C6H5Cl/c1-2-4-7-5-3-6-10-8(7)9;2*7-6-4-2-1-3-5-6/h2,7H,1,3-6H2;2*1-5H. The summed E-state index contributed by atoms with van der Waals surface area (Å²) in [6.45, 7) is 4.19. The van der Waals surface area contributed by atoms with Crippen LogP contribution in [-0.2, 0) is 9.53 Å². The van der Waals surface area contributed by atoms with E-state index in [1.807, 2.05) is 60.7 Å². The van der Waals surface area contributed by atoms with E-state index in [4.69, 9.17) is 27.9 Å². The number of hydrogen-bond donors (Lipinski definition) is 0. The highest BCUT2D eigenvalue weighted by Gasteiger charge is 2.21. The minimum Gasteiger partial charge on any atom is -0.465 e. The molecule has 0 spiro atoms. The molecule has 1 heterocycles. The molecular weight excluding hydrogens is 343 g/mol. The summed E-state index contributed by atoms with van der Waals surface area (Å²) in [4.78, 5) is 10.9. The van der Waals surface area contributed by atoms with Crippen molar-refractivity contribution in [2.75, 3.05) is 6.61 Å². The zero-order chi connectivity index (χ0) is 17.6. The summed E-state index contributed by atoms with van der Waals surface area (Å²) in [7, 11) is 0. The second-order valence-electron chi connectivity index (χ2n) is 5.12. The first-order valence-electron chi connectivity index (χ1n) is 7.82. The molecule has 3 rings (SSSR count). The van der Waals surface area contributed by atoms with Crippen molar-refractivity contribution in [3.63, 3.8) is 0 Å². The number of cyclic esters (lactones) is 1. The predicted molar refractivity (Wildman–Crippen MR) is 101 cm³/mol. The first-order valence-corrected chi connectivity index (χ1v) is 8.57. The van der Waals surface area contributed by atoms with E-state index in [1.165, 1.54) is 0 Å². The van der Waals surface area contributed by atoms with Gasteiger partial charge < -0.3 is 4.74 Å². The van der Waals surface area contributed by atoms with Gasteiger partial charge in [-0.05, 0) is 43.5 Å². The van der Waals surface area contributed by atoms with Gasteiger partial charge in [0.1, 0.15) is 0 Å². The van der Waals surface area contributed by atoms with E-state index in [1.54, 1.807) is 6.08 Å². The number of hydrogen-bond acceptors (Lipinski definition) is 2. The topological polar surface area (TPSA) is 26.3 Å². The Hall–Kier alpha value is -1.77. The molecule has 1 aliphatic heterocycles. The summed E-state index contributed by atoms with van der Waals surface area (Å²) in [6, 6.07) is 18.9. The fourth-order valence-electron chi connectivity index (χ4n) is 1.98. The number of allylic oxidation sites excluding steroid dienone is 1. The molecule has 2 aromatic carbocycles. The Bertz CT molecular complexity index is 548. The van der Waals surface area contributed by atoms with Gasteiger partial charge in [-0.1, -0.05) is 65.7 Å². The van der Waals surface area contributed by atoms with E-state index in [0.29, 0.717) is 6.61 Å². The number of esters is 1. The molecule has 0 saturated carbocycles. The highest BCUT2D eigenvalue weighted by Crippen LogP contribution is 2.18. The van der Waals surface area contributed by atoms with Crippen molar-refractivity contribution in [2.24, 2.45) is 5.92 Å². The van der Waals surface area contributed by atoms with Gasteiger partial charge in [-0.3, -0.25) is 4.79 Å². The van der Waals surface area contributed by atoms with Crippen LogP contribution in [0.3, 0.4) is 0 Å². The van der Waals surface area contributed by atoms with E-state index in [2.05, 4.69) is 6.58 Å². The van der Waals surface area contributed by atoms with Crippen molar-refractivity contribution in [1.29, 1.82) is 0 Å². The Labute approximate surface area is 154 Å². The van der Waals surface area contributed by atoms with Crippen LogP contribution in [0.15, 0.2) is 73.3 Å². The van der Waals surface area contributed by atoms with Crippen molar-refractivity contribution < 1.29 is 9.53 Å². The third-order valence-corrected chi connectivity index (χ3v) is 3.70. The van der Waals surface area contributed by atoms with Crippen molar-refractivity contribution in [2.45, 2.75) is 19.3 Å². The third kappa shape index (κ3) is 9.39. The molecule has 4 heteroatoms. The molecule has 1 unspecified atom stereocenters. The second kappa shape index (κ2) is 12.6. The number of carbonyl (C=O) groups excluding carboxylic acids is 1. The Morgan fingerprint density at radius 1 is 1.00 bits per heavy atom. The molecule has 1 atom stereocenters. The lowest BCUT2D eigenvalue weighted by atomic mass is 9.98. The Morgan fingerprint density at radius 3 is 1.83 bits per heavy atom. The van der Waals surface area contributed by atoms with Crippen molar-refractivity contribution in [1.82, 2.24) is 0 Å². The summed E-state index contributed by atoms with van der Waals surface area (Å²) in [6.07, 6.45) is 4.51. The molecule has 0 N–H and O–H groups in total. The fourth-order valence-corrected chi connectivity index (χ4v) is 2.27. The lowest BCUT2D eigenvalue weighted by Crippen LogP contribution is -2.23. The van der Waals surface area contributed by atoms with Gasteiger partial charge in [0.25, 0.3) is 0 Å².